The van der Waals surface area contributed by atoms with Gasteiger partial charge in [0.1, 0.15) is 11.6 Å². The molecular weight excluding hydrogens is 405 g/mol. The van der Waals surface area contributed by atoms with Gasteiger partial charge in [-0.05, 0) is 29.3 Å². The summed E-state index contributed by atoms with van der Waals surface area (Å²) in [6.45, 7) is 0. The molecule has 0 spiro atoms. The van der Waals surface area contributed by atoms with E-state index in [0.29, 0.717) is 15.7 Å². The van der Waals surface area contributed by atoms with Crippen molar-refractivity contribution in [3.63, 3.8) is 0 Å². The maximum atomic E-state index is 12.8. The summed E-state index contributed by atoms with van der Waals surface area (Å²) in [5, 5.41) is 16.1. The van der Waals surface area contributed by atoms with Crippen molar-refractivity contribution in [1.29, 1.82) is 5.26 Å². The lowest BCUT2D eigenvalue weighted by Crippen LogP contribution is -2.30. The molecule has 6 heteroatoms. The van der Waals surface area contributed by atoms with Crippen LogP contribution in [0, 0.1) is 11.3 Å². The van der Waals surface area contributed by atoms with Crippen LogP contribution in [-0.4, -0.2) is 5.91 Å². The van der Waals surface area contributed by atoms with Crippen LogP contribution in [0.3, 0.4) is 0 Å². The van der Waals surface area contributed by atoms with Gasteiger partial charge in [0.25, 0.3) is 5.91 Å². The molecule has 3 rings (SSSR count). The molecule has 0 radical (unpaired) electrons. The quantitative estimate of drug-likeness (QED) is 0.395. The Morgan fingerprint density at radius 1 is 0.897 bits per heavy atom. The molecule has 0 aliphatic rings. The fraction of sp³-hybridized carbons (Fsp3) is 0.0435. The topological polar surface area (TPSA) is 64.9 Å². The number of hydrogen-bond donors (Lipinski definition) is 2. The maximum absolute atomic E-state index is 12.8. The average molecular weight is 422 g/mol. The van der Waals surface area contributed by atoms with Crippen molar-refractivity contribution < 1.29 is 4.79 Å². The van der Waals surface area contributed by atoms with Crippen molar-refractivity contribution in [2.24, 2.45) is 0 Å². The molecule has 0 aliphatic heterocycles. The van der Waals surface area contributed by atoms with Crippen LogP contribution in [0.2, 0.25) is 10.0 Å². The lowest BCUT2D eigenvalue weighted by molar-refractivity contribution is -0.117. The first-order chi connectivity index (χ1) is 14.1. The molecule has 0 saturated carbocycles. The van der Waals surface area contributed by atoms with Crippen LogP contribution in [-0.2, 0) is 4.79 Å². The standard InChI is InChI=1S/C23H17Cl2N3O/c24-20-12-11-19(13-21(20)25)27-15-18(14-26)23(29)28-22(16-7-3-1-4-8-16)17-9-5-2-6-10-17/h1-13,15,22,27H,(H,28,29)/b18-15-. The molecule has 2 N–H and O–H groups in total. The highest BCUT2D eigenvalue weighted by Crippen LogP contribution is 2.25. The van der Waals surface area contributed by atoms with Crippen molar-refractivity contribution in [1.82, 2.24) is 5.32 Å². The minimum atomic E-state index is -0.488. The van der Waals surface area contributed by atoms with Gasteiger partial charge in [0.05, 0.1) is 16.1 Å². The summed E-state index contributed by atoms with van der Waals surface area (Å²) in [5.74, 6) is -0.488. The van der Waals surface area contributed by atoms with E-state index in [-0.39, 0.29) is 11.6 Å². The van der Waals surface area contributed by atoms with E-state index in [0.717, 1.165) is 11.1 Å². The molecule has 0 aliphatic carbocycles. The molecule has 0 atom stereocenters. The molecule has 0 aromatic heterocycles. The van der Waals surface area contributed by atoms with E-state index in [1.54, 1.807) is 18.2 Å². The van der Waals surface area contributed by atoms with Crippen molar-refractivity contribution in [3.8, 4) is 6.07 Å². The molecule has 4 nitrogen and oxygen atoms in total. The third kappa shape index (κ3) is 5.39. The Morgan fingerprint density at radius 3 is 2.00 bits per heavy atom. The summed E-state index contributed by atoms with van der Waals surface area (Å²) < 4.78 is 0. The van der Waals surface area contributed by atoms with Crippen LogP contribution in [0.5, 0.6) is 0 Å². The van der Waals surface area contributed by atoms with Crippen LogP contribution in [0.4, 0.5) is 5.69 Å². The number of carbonyl (C=O) groups excluding carboxylic acids is 1. The van der Waals surface area contributed by atoms with Gasteiger partial charge in [-0.1, -0.05) is 83.9 Å². The van der Waals surface area contributed by atoms with E-state index < -0.39 is 5.91 Å². The number of amides is 1. The predicted octanol–water partition coefficient (Wildman–Crippen LogP) is 5.72. The molecule has 0 bridgehead atoms. The number of carbonyl (C=O) groups is 1. The molecule has 0 unspecified atom stereocenters. The Kier molecular flexibility index (Phi) is 6.91. The summed E-state index contributed by atoms with van der Waals surface area (Å²) in [6, 6.07) is 25.7. The number of nitrogens with one attached hydrogen (secondary N) is 2. The summed E-state index contributed by atoms with van der Waals surface area (Å²) in [6.07, 6.45) is 1.35. The fourth-order valence-corrected chi connectivity index (χ4v) is 3.05. The number of hydrogen-bond acceptors (Lipinski definition) is 3. The zero-order chi connectivity index (χ0) is 20.6. The van der Waals surface area contributed by atoms with E-state index in [4.69, 9.17) is 23.2 Å². The predicted molar refractivity (Wildman–Crippen MR) is 117 cm³/mol. The number of nitrogens with zero attached hydrogens (tertiary/aromatic N) is 1. The molecule has 29 heavy (non-hydrogen) atoms. The lowest BCUT2D eigenvalue weighted by Gasteiger charge is -2.19. The Hall–Kier alpha value is -3.26. The minimum absolute atomic E-state index is 0.0621. The van der Waals surface area contributed by atoms with E-state index in [1.165, 1.54) is 6.20 Å². The van der Waals surface area contributed by atoms with E-state index in [1.807, 2.05) is 66.7 Å². The molecule has 0 fully saturated rings. The SMILES string of the molecule is N#C/C(=C/Nc1ccc(Cl)c(Cl)c1)C(=O)NC(c1ccccc1)c1ccccc1. The van der Waals surface area contributed by atoms with Gasteiger partial charge in [0.15, 0.2) is 0 Å². The van der Waals surface area contributed by atoms with Gasteiger partial charge in [0.2, 0.25) is 0 Å². The zero-order valence-electron chi connectivity index (χ0n) is 15.3. The number of nitriles is 1. The highest BCUT2D eigenvalue weighted by Gasteiger charge is 2.19. The smallest absolute Gasteiger partial charge is 0.264 e. The number of anilines is 1. The molecule has 144 valence electrons. The normalized spacial score (nSPS) is 11.0. The van der Waals surface area contributed by atoms with Crippen molar-refractivity contribution in [2.45, 2.75) is 6.04 Å². The monoisotopic (exact) mass is 421 g/mol. The van der Waals surface area contributed by atoms with E-state index in [9.17, 15) is 10.1 Å². The summed E-state index contributed by atoms with van der Waals surface area (Å²) in [5.41, 5.74) is 2.39. The second kappa shape index (κ2) is 9.79. The molecule has 3 aromatic rings. The first kappa shape index (κ1) is 20.5. The van der Waals surface area contributed by atoms with Gasteiger partial charge in [-0.25, -0.2) is 0 Å². The van der Waals surface area contributed by atoms with Crippen molar-refractivity contribution >= 4 is 34.8 Å². The Balaban J connectivity index is 1.82. The Labute approximate surface area is 179 Å². The number of rotatable bonds is 6. The first-order valence-corrected chi connectivity index (χ1v) is 9.56. The van der Waals surface area contributed by atoms with Gasteiger partial charge in [-0.15, -0.1) is 0 Å². The van der Waals surface area contributed by atoms with Crippen molar-refractivity contribution in [3.05, 3.63) is 112 Å². The zero-order valence-corrected chi connectivity index (χ0v) is 16.8. The highest BCUT2D eigenvalue weighted by atomic mass is 35.5. The summed E-state index contributed by atoms with van der Waals surface area (Å²) in [4.78, 5) is 12.8. The largest absolute Gasteiger partial charge is 0.360 e. The van der Waals surface area contributed by atoms with Crippen LogP contribution >= 0.6 is 23.2 Å². The van der Waals surface area contributed by atoms with Gasteiger partial charge < -0.3 is 10.6 Å². The number of benzene rings is 3. The summed E-state index contributed by atoms with van der Waals surface area (Å²) >= 11 is 11.9. The van der Waals surface area contributed by atoms with Gasteiger partial charge in [-0.2, -0.15) is 5.26 Å². The van der Waals surface area contributed by atoms with Crippen LogP contribution in [0.1, 0.15) is 17.2 Å². The third-order valence-corrected chi connectivity index (χ3v) is 4.95. The van der Waals surface area contributed by atoms with Crippen LogP contribution in [0.15, 0.2) is 90.6 Å². The molecule has 1 amide bonds. The van der Waals surface area contributed by atoms with Crippen LogP contribution < -0.4 is 10.6 Å². The molecular formula is C23H17Cl2N3O. The Morgan fingerprint density at radius 2 is 1.48 bits per heavy atom. The maximum Gasteiger partial charge on any atom is 0.264 e. The molecule has 0 heterocycles. The average Bonchev–Trinajstić information content (AvgIpc) is 2.76. The fourth-order valence-electron chi connectivity index (χ4n) is 2.75. The van der Waals surface area contributed by atoms with E-state index in [2.05, 4.69) is 10.6 Å². The Bertz CT molecular complexity index is 1020. The van der Waals surface area contributed by atoms with Gasteiger partial charge >= 0.3 is 0 Å². The molecule has 0 saturated heterocycles. The lowest BCUT2D eigenvalue weighted by atomic mass is 9.98. The van der Waals surface area contributed by atoms with Gasteiger partial charge in [0, 0.05) is 11.9 Å². The minimum Gasteiger partial charge on any atom is -0.360 e. The van der Waals surface area contributed by atoms with E-state index >= 15 is 0 Å². The summed E-state index contributed by atoms with van der Waals surface area (Å²) in [7, 11) is 0. The molecule has 3 aromatic carbocycles. The highest BCUT2D eigenvalue weighted by molar-refractivity contribution is 6.42. The van der Waals surface area contributed by atoms with Gasteiger partial charge in [-0.3, -0.25) is 4.79 Å². The van der Waals surface area contributed by atoms with Crippen molar-refractivity contribution in [2.75, 3.05) is 5.32 Å². The second-order valence-electron chi connectivity index (χ2n) is 6.17. The first-order valence-electron chi connectivity index (χ1n) is 8.81. The second-order valence-corrected chi connectivity index (χ2v) is 6.99. The number of halogens is 2. The van der Waals surface area contributed by atoms with Crippen LogP contribution in [0.25, 0.3) is 0 Å². The third-order valence-electron chi connectivity index (χ3n) is 4.21.